The highest BCUT2D eigenvalue weighted by Gasteiger charge is 2.17. The van der Waals surface area contributed by atoms with E-state index in [1.54, 1.807) is 18.4 Å². The van der Waals surface area contributed by atoms with E-state index in [1.807, 2.05) is 6.92 Å². The Balaban J connectivity index is 1.78. The summed E-state index contributed by atoms with van der Waals surface area (Å²) in [7, 11) is -3.72. The fourth-order valence-electron chi connectivity index (χ4n) is 2.13. The van der Waals surface area contributed by atoms with Gasteiger partial charge in [-0.05, 0) is 49.7 Å². The quantitative estimate of drug-likeness (QED) is 0.748. The normalized spacial score (nSPS) is 11.8. The van der Waals surface area contributed by atoms with E-state index in [2.05, 4.69) is 9.71 Å². The van der Waals surface area contributed by atoms with Crippen LogP contribution in [0.25, 0.3) is 10.8 Å². The lowest BCUT2D eigenvalue weighted by atomic mass is 10.2. The lowest BCUT2D eigenvalue weighted by Gasteiger charge is -2.07. The van der Waals surface area contributed by atoms with Gasteiger partial charge in [0.15, 0.2) is 10.8 Å². The number of furan rings is 1. The summed E-state index contributed by atoms with van der Waals surface area (Å²) in [5.41, 5.74) is 1.02. The van der Waals surface area contributed by atoms with E-state index in [1.165, 1.54) is 30.4 Å². The molecule has 2 aromatic heterocycles. The van der Waals surface area contributed by atoms with E-state index in [-0.39, 0.29) is 17.0 Å². The van der Waals surface area contributed by atoms with Crippen molar-refractivity contribution in [3.8, 4) is 10.8 Å². The first-order valence-electron chi connectivity index (χ1n) is 7.13. The average Bonchev–Trinajstić information content (AvgIpc) is 3.17. The van der Waals surface area contributed by atoms with Gasteiger partial charge in [-0.1, -0.05) is 0 Å². The summed E-state index contributed by atoms with van der Waals surface area (Å²) >= 11 is 1.37. The minimum absolute atomic E-state index is 0.0369. The lowest BCUT2D eigenvalue weighted by Crippen LogP contribution is -2.23. The van der Waals surface area contributed by atoms with Gasteiger partial charge in [-0.2, -0.15) is 0 Å². The first-order valence-corrected chi connectivity index (χ1v) is 9.43. The maximum Gasteiger partial charge on any atom is 0.240 e. The standard InChI is InChI=1S/C16H15FN2O3S2/c1-10-8-12(5-6-13(10)17)24(20,21)18-9-15-11(2)19-16(23-15)14-4-3-7-22-14/h3-8,18H,9H2,1-2H3. The van der Waals surface area contributed by atoms with E-state index in [4.69, 9.17) is 4.42 Å². The van der Waals surface area contributed by atoms with Crippen molar-refractivity contribution >= 4 is 21.4 Å². The molecule has 0 atom stereocenters. The molecule has 3 rings (SSSR count). The number of rotatable bonds is 5. The summed E-state index contributed by atoms with van der Waals surface area (Å²) in [6.07, 6.45) is 1.56. The van der Waals surface area contributed by atoms with Gasteiger partial charge in [0, 0.05) is 11.4 Å². The second-order valence-corrected chi connectivity index (χ2v) is 8.09. The zero-order chi connectivity index (χ0) is 17.3. The monoisotopic (exact) mass is 366 g/mol. The van der Waals surface area contributed by atoms with Gasteiger partial charge >= 0.3 is 0 Å². The maximum absolute atomic E-state index is 13.3. The zero-order valence-corrected chi connectivity index (χ0v) is 14.7. The number of aryl methyl sites for hydroxylation is 2. The van der Waals surface area contributed by atoms with Crippen LogP contribution in [0.4, 0.5) is 4.39 Å². The number of nitrogens with zero attached hydrogens (tertiary/aromatic N) is 1. The Morgan fingerprint density at radius 2 is 2.08 bits per heavy atom. The van der Waals surface area contributed by atoms with Crippen molar-refractivity contribution in [2.45, 2.75) is 25.3 Å². The molecule has 0 unspecified atom stereocenters. The molecule has 0 fully saturated rings. The van der Waals surface area contributed by atoms with Gasteiger partial charge < -0.3 is 4.42 Å². The van der Waals surface area contributed by atoms with E-state index in [0.29, 0.717) is 10.8 Å². The molecule has 126 valence electrons. The van der Waals surface area contributed by atoms with E-state index >= 15 is 0 Å². The number of hydrogen-bond donors (Lipinski definition) is 1. The van der Waals surface area contributed by atoms with Crippen LogP contribution in [0.5, 0.6) is 0 Å². The Labute approximate surface area is 143 Å². The van der Waals surface area contributed by atoms with Crippen molar-refractivity contribution < 1.29 is 17.2 Å². The van der Waals surface area contributed by atoms with Gasteiger partial charge in [0.2, 0.25) is 10.0 Å². The van der Waals surface area contributed by atoms with Gasteiger partial charge in [-0.3, -0.25) is 0 Å². The number of sulfonamides is 1. The van der Waals surface area contributed by atoms with Gasteiger partial charge in [-0.25, -0.2) is 22.5 Å². The number of aromatic nitrogens is 1. The van der Waals surface area contributed by atoms with Crippen LogP contribution in [0.3, 0.4) is 0 Å². The molecule has 24 heavy (non-hydrogen) atoms. The molecule has 1 N–H and O–H groups in total. The molecule has 0 bridgehead atoms. The molecule has 0 aliphatic heterocycles. The topological polar surface area (TPSA) is 72.2 Å². The largest absolute Gasteiger partial charge is 0.462 e. The Bertz CT molecular complexity index is 963. The van der Waals surface area contributed by atoms with Crippen molar-refractivity contribution in [2.24, 2.45) is 0 Å². The van der Waals surface area contributed by atoms with Gasteiger partial charge in [-0.15, -0.1) is 11.3 Å². The Morgan fingerprint density at radius 3 is 2.75 bits per heavy atom. The van der Waals surface area contributed by atoms with Crippen LogP contribution < -0.4 is 4.72 Å². The Kier molecular flexibility index (Phi) is 4.53. The molecule has 0 aliphatic rings. The van der Waals surface area contributed by atoms with Crippen molar-refractivity contribution in [1.82, 2.24) is 9.71 Å². The van der Waals surface area contributed by atoms with Crippen LogP contribution >= 0.6 is 11.3 Å². The first-order chi connectivity index (χ1) is 11.4. The van der Waals surface area contributed by atoms with E-state index in [9.17, 15) is 12.8 Å². The summed E-state index contributed by atoms with van der Waals surface area (Å²) in [6, 6.07) is 7.28. The number of halogens is 1. The van der Waals surface area contributed by atoms with Crippen LogP contribution in [-0.4, -0.2) is 13.4 Å². The molecule has 8 heteroatoms. The number of nitrogens with one attached hydrogen (secondary N) is 1. The Hall–Kier alpha value is -2.03. The predicted octanol–water partition coefficient (Wildman–Crippen LogP) is 3.64. The number of benzene rings is 1. The molecule has 2 heterocycles. The minimum atomic E-state index is -3.72. The van der Waals surface area contributed by atoms with Crippen molar-refractivity contribution in [2.75, 3.05) is 0 Å². The first kappa shape index (κ1) is 16.8. The highest BCUT2D eigenvalue weighted by molar-refractivity contribution is 7.89. The maximum atomic E-state index is 13.3. The van der Waals surface area contributed by atoms with E-state index < -0.39 is 15.8 Å². The molecular weight excluding hydrogens is 351 g/mol. The molecule has 0 amide bonds. The van der Waals surface area contributed by atoms with Crippen molar-refractivity contribution in [1.29, 1.82) is 0 Å². The minimum Gasteiger partial charge on any atom is -0.462 e. The fourth-order valence-corrected chi connectivity index (χ4v) is 4.27. The second kappa shape index (κ2) is 6.46. The summed E-state index contributed by atoms with van der Waals surface area (Å²) in [6.45, 7) is 3.45. The summed E-state index contributed by atoms with van der Waals surface area (Å²) < 4.78 is 45.8. The molecule has 0 saturated heterocycles. The Morgan fingerprint density at radius 1 is 1.29 bits per heavy atom. The summed E-state index contributed by atoms with van der Waals surface area (Å²) in [5, 5.41) is 0.698. The number of thiazole rings is 1. The highest BCUT2D eigenvalue weighted by Crippen LogP contribution is 2.28. The molecular formula is C16H15FN2O3S2. The fraction of sp³-hybridized carbons (Fsp3) is 0.188. The second-order valence-electron chi connectivity index (χ2n) is 5.24. The van der Waals surface area contributed by atoms with Crippen LogP contribution in [0.15, 0.2) is 45.9 Å². The van der Waals surface area contributed by atoms with Crippen LogP contribution in [0.1, 0.15) is 16.1 Å². The molecule has 0 spiro atoms. The van der Waals surface area contributed by atoms with Crippen LogP contribution in [-0.2, 0) is 16.6 Å². The molecule has 3 aromatic rings. The van der Waals surface area contributed by atoms with Gasteiger partial charge in [0.25, 0.3) is 0 Å². The third-order valence-electron chi connectivity index (χ3n) is 3.49. The SMILES string of the molecule is Cc1cc(S(=O)(=O)NCc2sc(-c3ccco3)nc2C)ccc1F. The van der Waals surface area contributed by atoms with Gasteiger partial charge in [0.05, 0.1) is 16.9 Å². The van der Waals surface area contributed by atoms with Crippen molar-refractivity contribution in [3.05, 3.63) is 58.5 Å². The molecule has 0 radical (unpaired) electrons. The highest BCUT2D eigenvalue weighted by atomic mass is 32.2. The summed E-state index contributed by atoms with van der Waals surface area (Å²) in [5.74, 6) is 0.210. The molecule has 5 nitrogen and oxygen atoms in total. The lowest BCUT2D eigenvalue weighted by molar-refractivity contribution is 0.579. The molecule has 0 aliphatic carbocycles. The smallest absolute Gasteiger partial charge is 0.240 e. The third kappa shape index (κ3) is 3.40. The number of hydrogen-bond acceptors (Lipinski definition) is 5. The predicted molar refractivity (Wildman–Crippen MR) is 89.7 cm³/mol. The van der Waals surface area contributed by atoms with Crippen molar-refractivity contribution in [3.63, 3.8) is 0 Å². The molecule has 0 saturated carbocycles. The van der Waals surface area contributed by atoms with Crippen LogP contribution in [0.2, 0.25) is 0 Å². The van der Waals surface area contributed by atoms with E-state index in [0.717, 1.165) is 16.6 Å². The van der Waals surface area contributed by atoms with Gasteiger partial charge in [0.1, 0.15) is 5.82 Å². The third-order valence-corrected chi connectivity index (χ3v) is 6.06. The zero-order valence-electron chi connectivity index (χ0n) is 13.0. The summed E-state index contributed by atoms with van der Waals surface area (Å²) in [4.78, 5) is 5.22. The molecule has 1 aromatic carbocycles. The average molecular weight is 366 g/mol. The van der Waals surface area contributed by atoms with Crippen LogP contribution in [0, 0.1) is 19.7 Å².